The van der Waals surface area contributed by atoms with Crippen molar-refractivity contribution in [3.05, 3.63) is 34.3 Å². The molecule has 0 radical (unpaired) electrons. The monoisotopic (exact) mass is 299 g/mol. The van der Waals surface area contributed by atoms with Gasteiger partial charge in [-0.05, 0) is 31.2 Å². The topological polar surface area (TPSA) is 40.5 Å². The van der Waals surface area contributed by atoms with E-state index in [0.717, 1.165) is 17.4 Å². The number of carboxylic acids is 1. The molecule has 0 aliphatic heterocycles. The summed E-state index contributed by atoms with van der Waals surface area (Å²) in [5, 5.41) is 8.83. The van der Waals surface area contributed by atoms with Gasteiger partial charge in [0.1, 0.15) is 0 Å². The first-order chi connectivity index (χ1) is 8.02. The van der Waals surface area contributed by atoms with E-state index in [0.29, 0.717) is 0 Å². The minimum Gasteiger partial charge on any atom is -0.481 e. The maximum atomic E-state index is 10.7. The number of carboxylic acid groups (broad SMARTS) is 1. The lowest BCUT2D eigenvalue weighted by atomic mass is 10.1. The third kappa shape index (κ3) is 4.88. The third-order valence-corrected chi connectivity index (χ3v) is 3.38. The molecular formula is C13H18BrNO2. The SMILES string of the molecule is CCC(CC(=O)O)N(C)Cc1ccc(Br)cc1. The van der Waals surface area contributed by atoms with Gasteiger partial charge in [-0.15, -0.1) is 0 Å². The normalized spacial score (nSPS) is 12.7. The molecule has 0 spiro atoms. The number of carbonyl (C=O) groups is 1. The smallest absolute Gasteiger partial charge is 0.304 e. The van der Waals surface area contributed by atoms with Crippen molar-refractivity contribution in [1.29, 1.82) is 0 Å². The molecule has 1 aromatic carbocycles. The molecule has 0 fully saturated rings. The van der Waals surface area contributed by atoms with Gasteiger partial charge in [-0.25, -0.2) is 0 Å². The highest BCUT2D eigenvalue weighted by molar-refractivity contribution is 9.10. The molecule has 0 saturated carbocycles. The Bertz CT molecular complexity index is 364. The maximum Gasteiger partial charge on any atom is 0.304 e. The number of nitrogens with zero attached hydrogens (tertiary/aromatic N) is 1. The van der Waals surface area contributed by atoms with Crippen molar-refractivity contribution in [2.75, 3.05) is 7.05 Å². The van der Waals surface area contributed by atoms with Crippen molar-refractivity contribution in [3.8, 4) is 0 Å². The summed E-state index contributed by atoms with van der Waals surface area (Å²) in [5.41, 5.74) is 1.19. The van der Waals surface area contributed by atoms with Crippen LogP contribution in [0.25, 0.3) is 0 Å². The summed E-state index contributed by atoms with van der Waals surface area (Å²) in [5.74, 6) is -0.737. The van der Waals surface area contributed by atoms with Gasteiger partial charge in [0.25, 0.3) is 0 Å². The number of halogens is 1. The lowest BCUT2D eigenvalue weighted by Gasteiger charge is -2.25. The summed E-state index contributed by atoms with van der Waals surface area (Å²) in [7, 11) is 1.97. The highest BCUT2D eigenvalue weighted by atomic mass is 79.9. The van der Waals surface area contributed by atoms with Crippen molar-refractivity contribution in [1.82, 2.24) is 4.90 Å². The number of hydrogen-bond acceptors (Lipinski definition) is 2. The van der Waals surface area contributed by atoms with E-state index >= 15 is 0 Å². The Morgan fingerprint density at radius 3 is 2.47 bits per heavy atom. The van der Waals surface area contributed by atoms with Crippen LogP contribution in [0, 0.1) is 0 Å². The van der Waals surface area contributed by atoms with Crippen LogP contribution in [-0.2, 0) is 11.3 Å². The summed E-state index contributed by atoms with van der Waals surface area (Å²) in [6, 6.07) is 8.20. The fourth-order valence-electron chi connectivity index (χ4n) is 1.82. The number of benzene rings is 1. The molecule has 0 heterocycles. The molecule has 0 saturated heterocycles. The number of hydrogen-bond donors (Lipinski definition) is 1. The largest absolute Gasteiger partial charge is 0.481 e. The third-order valence-electron chi connectivity index (χ3n) is 2.85. The van der Waals surface area contributed by atoms with Crippen LogP contribution >= 0.6 is 15.9 Å². The molecule has 1 atom stereocenters. The molecule has 4 heteroatoms. The van der Waals surface area contributed by atoms with Gasteiger partial charge in [0.05, 0.1) is 6.42 Å². The van der Waals surface area contributed by atoms with Crippen molar-refractivity contribution in [2.24, 2.45) is 0 Å². The standard InChI is InChI=1S/C13H18BrNO2/c1-3-12(8-13(16)17)15(2)9-10-4-6-11(14)7-5-10/h4-7,12H,3,8-9H2,1-2H3,(H,16,17). The van der Waals surface area contributed by atoms with Crippen LogP contribution in [0.15, 0.2) is 28.7 Å². The van der Waals surface area contributed by atoms with E-state index < -0.39 is 5.97 Å². The molecular weight excluding hydrogens is 282 g/mol. The van der Waals surface area contributed by atoms with Crippen LogP contribution in [-0.4, -0.2) is 29.1 Å². The summed E-state index contributed by atoms with van der Waals surface area (Å²) < 4.78 is 1.06. The molecule has 3 nitrogen and oxygen atoms in total. The van der Waals surface area contributed by atoms with Crippen molar-refractivity contribution >= 4 is 21.9 Å². The first-order valence-electron chi connectivity index (χ1n) is 5.69. The fraction of sp³-hybridized carbons (Fsp3) is 0.462. The second-order valence-corrected chi connectivity index (χ2v) is 5.12. The van der Waals surface area contributed by atoms with Gasteiger partial charge >= 0.3 is 5.97 Å². The predicted molar refractivity (Wildman–Crippen MR) is 71.9 cm³/mol. The number of aliphatic carboxylic acids is 1. The van der Waals surface area contributed by atoms with Gasteiger partial charge in [0, 0.05) is 17.1 Å². The number of rotatable bonds is 6. The average Bonchev–Trinajstić information content (AvgIpc) is 2.28. The van der Waals surface area contributed by atoms with Crippen LogP contribution in [0.4, 0.5) is 0 Å². The van der Waals surface area contributed by atoms with Crippen molar-refractivity contribution in [3.63, 3.8) is 0 Å². The Labute approximate surface area is 111 Å². The zero-order valence-corrected chi connectivity index (χ0v) is 11.8. The minimum atomic E-state index is -0.737. The van der Waals surface area contributed by atoms with E-state index in [1.807, 2.05) is 38.2 Å². The predicted octanol–water partition coefficient (Wildman–Crippen LogP) is 3.13. The van der Waals surface area contributed by atoms with Crippen LogP contribution in [0.1, 0.15) is 25.3 Å². The molecule has 17 heavy (non-hydrogen) atoms. The van der Waals surface area contributed by atoms with Crippen molar-refractivity contribution in [2.45, 2.75) is 32.4 Å². The molecule has 1 N–H and O–H groups in total. The van der Waals surface area contributed by atoms with E-state index in [2.05, 4.69) is 20.8 Å². The lowest BCUT2D eigenvalue weighted by Crippen LogP contribution is -2.32. The minimum absolute atomic E-state index is 0.0937. The summed E-state index contributed by atoms with van der Waals surface area (Å²) in [6.45, 7) is 2.80. The molecule has 1 aromatic rings. The van der Waals surface area contributed by atoms with E-state index in [4.69, 9.17) is 5.11 Å². The van der Waals surface area contributed by atoms with Gasteiger partial charge < -0.3 is 5.11 Å². The zero-order chi connectivity index (χ0) is 12.8. The Kier molecular flexibility index (Phi) is 5.65. The van der Waals surface area contributed by atoms with Gasteiger partial charge in [0.15, 0.2) is 0 Å². The van der Waals surface area contributed by atoms with Crippen molar-refractivity contribution < 1.29 is 9.90 Å². The molecule has 0 aromatic heterocycles. The second-order valence-electron chi connectivity index (χ2n) is 4.20. The molecule has 0 aliphatic rings. The van der Waals surface area contributed by atoms with Crippen LogP contribution in [0.3, 0.4) is 0 Å². The lowest BCUT2D eigenvalue weighted by molar-refractivity contribution is -0.138. The summed E-state index contributed by atoms with van der Waals surface area (Å²) in [4.78, 5) is 12.8. The van der Waals surface area contributed by atoms with E-state index in [1.165, 1.54) is 5.56 Å². The molecule has 1 rings (SSSR count). The zero-order valence-electron chi connectivity index (χ0n) is 10.2. The second kappa shape index (κ2) is 6.77. The summed E-state index contributed by atoms with van der Waals surface area (Å²) in [6.07, 6.45) is 1.04. The summed E-state index contributed by atoms with van der Waals surface area (Å²) >= 11 is 3.40. The Balaban J connectivity index is 2.60. The molecule has 0 amide bonds. The maximum absolute atomic E-state index is 10.7. The van der Waals surface area contributed by atoms with Gasteiger partial charge in [-0.2, -0.15) is 0 Å². The van der Waals surface area contributed by atoms with E-state index in [1.54, 1.807) is 0 Å². The van der Waals surface area contributed by atoms with Gasteiger partial charge in [-0.1, -0.05) is 35.0 Å². The van der Waals surface area contributed by atoms with E-state index in [9.17, 15) is 4.79 Å². The van der Waals surface area contributed by atoms with Gasteiger partial charge in [0.2, 0.25) is 0 Å². The highest BCUT2D eigenvalue weighted by Crippen LogP contribution is 2.14. The van der Waals surface area contributed by atoms with Gasteiger partial charge in [-0.3, -0.25) is 9.69 Å². The fourth-order valence-corrected chi connectivity index (χ4v) is 2.08. The quantitative estimate of drug-likeness (QED) is 0.877. The Hall–Kier alpha value is -0.870. The Morgan fingerprint density at radius 2 is 2.00 bits per heavy atom. The van der Waals surface area contributed by atoms with Crippen LogP contribution in [0.5, 0.6) is 0 Å². The molecule has 0 aliphatic carbocycles. The average molecular weight is 300 g/mol. The van der Waals surface area contributed by atoms with Crippen LogP contribution in [0.2, 0.25) is 0 Å². The van der Waals surface area contributed by atoms with E-state index in [-0.39, 0.29) is 12.5 Å². The first kappa shape index (κ1) is 14.2. The first-order valence-corrected chi connectivity index (χ1v) is 6.48. The Morgan fingerprint density at radius 1 is 1.41 bits per heavy atom. The molecule has 1 unspecified atom stereocenters. The highest BCUT2D eigenvalue weighted by Gasteiger charge is 2.16. The molecule has 94 valence electrons. The molecule has 0 bridgehead atoms. The van der Waals surface area contributed by atoms with Crippen LogP contribution < -0.4 is 0 Å².